The largest absolute Gasteiger partial charge is 0.477 e. The Kier molecular flexibility index (Phi) is 37.5. The highest BCUT2D eigenvalue weighted by molar-refractivity contribution is 5.72. The lowest BCUT2D eigenvalue weighted by Crippen LogP contribution is -2.50. The van der Waals surface area contributed by atoms with Crippen molar-refractivity contribution in [3.63, 3.8) is 0 Å². The lowest BCUT2D eigenvalue weighted by Gasteiger charge is -2.31. The predicted molar refractivity (Wildman–Crippen MR) is 243 cm³/mol. The van der Waals surface area contributed by atoms with Crippen LogP contribution in [0.5, 0.6) is 0 Å². The Hall–Kier alpha value is -3.75. The molecule has 0 aromatic carbocycles. The molecule has 8 heteroatoms. The molecule has 0 spiro atoms. The van der Waals surface area contributed by atoms with E-state index in [1.54, 1.807) is 0 Å². The number of rotatable bonds is 38. The summed E-state index contributed by atoms with van der Waals surface area (Å²) in [4.78, 5) is 37.0. The molecule has 0 aromatic heterocycles. The van der Waals surface area contributed by atoms with Gasteiger partial charge in [-0.15, -0.1) is 0 Å². The van der Waals surface area contributed by atoms with E-state index < -0.39 is 18.1 Å². The molecule has 0 rings (SSSR count). The fourth-order valence-electron chi connectivity index (χ4n) is 5.90. The van der Waals surface area contributed by atoms with Crippen LogP contribution in [0.1, 0.15) is 149 Å². The zero-order valence-electron chi connectivity index (χ0n) is 37.2. The van der Waals surface area contributed by atoms with Crippen molar-refractivity contribution in [3.8, 4) is 0 Å². The minimum Gasteiger partial charge on any atom is -0.477 e. The number of likely N-dealkylation sites (N-methyl/N-ethyl adjacent to an activating group) is 1. The van der Waals surface area contributed by atoms with E-state index in [0.29, 0.717) is 19.3 Å². The number of quaternary nitrogens is 1. The number of hydrogen-bond acceptors (Lipinski definition) is 6. The fourth-order valence-corrected chi connectivity index (χ4v) is 5.90. The van der Waals surface area contributed by atoms with Crippen molar-refractivity contribution in [2.45, 2.75) is 161 Å². The Labute approximate surface area is 354 Å². The smallest absolute Gasteiger partial charge is 0.362 e. The molecule has 0 amide bonds. The van der Waals surface area contributed by atoms with Gasteiger partial charge in [-0.1, -0.05) is 162 Å². The second kappa shape index (κ2) is 40.0. The molecule has 0 aliphatic rings. The molecule has 1 N–H and O–H groups in total. The number of hydrogen-bond donors (Lipinski definition) is 1. The molecule has 0 aromatic rings. The predicted octanol–water partition coefficient (Wildman–Crippen LogP) is 12.3. The van der Waals surface area contributed by atoms with Gasteiger partial charge in [0.15, 0.2) is 12.1 Å². The molecule has 0 radical (unpaired) electrons. The van der Waals surface area contributed by atoms with Gasteiger partial charge in [0.1, 0.15) is 6.61 Å². The van der Waals surface area contributed by atoms with Crippen LogP contribution in [0.4, 0.5) is 0 Å². The van der Waals surface area contributed by atoms with Gasteiger partial charge < -0.3 is 23.8 Å². The summed E-state index contributed by atoms with van der Waals surface area (Å²) in [6, 6.07) is -0.628. The van der Waals surface area contributed by atoms with E-state index in [-0.39, 0.29) is 36.2 Å². The number of carboxylic acids is 1. The number of nitrogens with zero attached hydrogens (tertiary/aromatic N) is 1. The fraction of sp³-hybridized carbons (Fsp3) is 0.620. The summed E-state index contributed by atoms with van der Waals surface area (Å²) in [6.07, 6.45) is 53.0. The number of carbonyl (C=O) groups excluding carboxylic acids is 2. The summed E-state index contributed by atoms with van der Waals surface area (Å²) in [5.41, 5.74) is 0. The van der Waals surface area contributed by atoms with Crippen LogP contribution in [0.25, 0.3) is 0 Å². The van der Waals surface area contributed by atoms with Crippen LogP contribution in [-0.2, 0) is 28.6 Å². The van der Waals surface area contributed by atoms with Crippen LogP contribution in [0.3, 0.4) is 0 Å². The maximum Gasteiger partial charge on any atom is 0.362 e. The van der Waals surface area contributed by atoms with Gasteiger partial charge in [-0.25, -0.2) is 4.79 Å². The lowest BCUT2D eigenvalue weighted by atomic mass is 10.1. The number of carboxylic acid groups (broad SMARTS) is 1. The molecule has 2 unspecified atom stereocenters. The number of esters is 2. The van der Waals surface area contributed by atoms with Crippen molar-refractivity contribution in [1.29, 1.82) is 0 Å². The zero-order chi connectivity index (χ0) is 42.8. The molecule has 2 atom stereocenters. The van der Waals surface area contributed by atoms with E-state index >= 15 is 0 Å². The van der Waals surface area contributed by atoms with Gasteiger partial charge in [-0.3, -0.25) is 9.59 Å². The number of aliphatic carboxylic acids is 1. The normalized spacial score (nSPS) is 13.9. The topological polar surface area (TPSA) is 99.1 Å². The molecular formula is C50H82NO7+. The highest BCUT2D eigenvalue weighted by Crippen LogP contribution is 2.13. The average Bonchev–Trinajstić information content (AvgIpc) is 3.18. The third-order valence-electron chi connectivity index (χ3n) is 9.33. The molecule has 0 heterocycles. The number of allylic oxidation sites excluding steroid dienone is 16. The van der Waals surface area contributed by atoms with Gasteiger partial charge in [0.25, 0.3) is 0 Å². The van der Waals surface area contributed by atoms with Gasteiger partial charge >= 0.3 is 17.9 Å². The SMILES string of the molecule is CC/C=C/C/C=C/C/C=C/CCCCCCCCC(=O)OCC(COCCC(C(=O)O)[N+](C)(C)C)OC(=O)CCCCCCC/C=C/C=C/C=C/C=C/C=C/CCC. The van der Waals surface area contributed by atoms with Crippen molar-refractivity contribution in [2.24, 2.45) is 0 Å². The quantitative estimate of drug-likeness (QED) is 0.0218. The van der Waals surface area contributed by atoms with E-state index in [2.05, 4.69) is 74.6 Å². The Morgan fingerprint density at radius 2 is 1.03 bits per heavy atom. The van der Waals surface area contributed by atoms with Crippen molar-refractivity contribution in [1.82, 2.24) is 0 Å². The van der Waals surface area contributed by atoms with Crippen molar-refractivity contribution < 1.29 is 38.2 Å². The van der Waals surface area contributed by atoms with E-state index in [4.69, 9.17) is 14.2 Å². The molecule has 8 nitrogen and oxygen atoms in total. The summed E-state index contributed by atoms with van der Waals surface area (Å²) in [6.45, 7) is 4.47. The first-order valence-electron chi connectivity index (χ1n) is 22.3. The standard InChI is InChI=1S/C50H81NO7/c1-6-8-10-12-14-16-18-20-22-24-25-27-29-31-33-35-37-39-41-49(53)58-46(44-56-43-42-47(50(54)55)51(3,4)5)45-57-48(52)40-38-36-34-32-30-28-26-23-21-19-17-15-13-11-9-7-2/h9-12,14-18,20-25,27,46-47H,6-8,13,19,26,28-45H2,1-5H3/p+1/b11-9+,12-10+,16-14+,17-15+,20-18+,23-21+,24-22+,27-25+. The monoisotopic (exact) mass is 809 g/mol. The van der Waals surface area contributed by atoms with Gasteiger partial charge in [-0.2, -0.15) is 0 Å². The summed E-state index contributed by atoms with van der Waals surface area (Å²) in [7, 11) is 5.50. The molecule has 0 saturated heterocycles. The lowest BCUT2D eigenvalue weighted by molar-refractivity contribution is -0.887. The van der Waals surface area contributed by atoms with Crippen LogP contribution in [-0.4, -0.2) is 80.6 Å². The number of ether oxygens (including phenoxy) is 3. The molecule has 0 bridgehead atoms. The third-order valence-corrected chi connectivity index (χ3v) is 9.33. The molecule has 0 saturated carbocycles. The molecule has 58 heavy (non-hydrogen) atoms. The highest BCUT2D eigenvalue weighted by Gasteiger charge is 2.31. The molecule has 0 fully saturated rings. The summed E-state index contributed by atoms with van der Waals surface area (Å²) in [5.74, 6) is -1.53. The zero-order valence-corrected chi connectivity index (χ0v) is 37.2. The average molecular weight is 809 g/mol. The van der Waals surface area contributed by atoms with Gasteiger partial charge in [0.2, 0.25) is 0 Å². The second-order valence-corrected chi connectivity index (χ2v) is 15.7. The van der Waals surface area contributed by atoms with E-state index in [0.717, 1.165) is 96.3 Å². The maximum atomic E-state index is 12.7. The number of carbonyl (C=O) groups is 3. The first-order valence-corrected chi connectivity index (χ1v) is 22.3. The van der Waals surface area contributed by atoms with Crippen LogP contribution in [0, 0.1) is 0 Å². The van der Waals surface area contributed by atoms with Crippen LogP contribution in [0.15, 0.2) is 97.2 Å². The van der Waals surface area contributed by atoms with E-state index in [1.807, 2.05) is 57.6 Å². The van der Waals surface area contributed by atoms with Crippen molar-refractivity contribution in [3.05, 3.63) is 97.2 Å². The van der Waals surface area contributed by atoms with E-state index in [1.165, 1.54) is 19.3 Å². The third kappa shape index (κ3) is 37.8. The Morgan fingerprint density at radius 1 is 0.552 bits per heavy atom. The van der Waals surface area contributed by atoms with Crippen molar-refractivity contribution >= 4 is 17.9 Å². The summed E-state index contributed by atoms with van der Waals surface area (Å²) < 4.78 is 17.2. The van der Waals surface area contributed by atoms with E-state index in [9.17, 15) is 19.5 Å². The second-order valence-electron chi connectivity index (χ2n) is 15.7. The molecule has 0 aliphatic carbocycles. The molecular weight excluding hydrogens is 727 g/mol. The Morgan fingerprint density at radius 3 is 1.59 bits per heavy atom. The van der Waals surface area contributed by atoms with Gasteiger partial charge in [0, 0.05) is 19.3 Å². The van der Waals surface area contributed by atoms with Crippen molar-refractivity contribution in [2.75, 3.05) is 41.0 Å². The summed E-state index contributed by atoms with van der Waals surface area (Å²) in [5, 5.41) is 9.62. The van der Waals surface area contributed by atoms with Gasteiger partial charge in [-0.05, 0) is 64.2 Å². The molecule has 0 aliphatic heterocycles. The number of unbranched alkanes of at least 4 members (excludes halogenated alkanes) is 12. The van der Waals surface area contributed by atoms with Crippen LogP contribution < -0.4 is 0 Å². The maximum absolute atomic E-state index is 12.7. The van der Waals surface area contributed by atoms with Gasteiger partial charge in [0.05, 0.1) is 34.4 Å². The minimum absolute atomic E-state index is 0.0395. The summed E-state index contributed by atoms with van der Waals surface area (Å²) >= 11 is 0. The molecule has 328 valence electrons. The van der Waals surface area contributed by atoms with Crippen LogP contribution in [0.2, 0.25) is 0 Å². The minimum atomic E-state index is -0.887. The first-order chi connectivity index (χ1) is 28.1. The Bertz CT molecular complexity index is 1260. The first kappa shape index (κ1) is 54.2. The Balaban J connectivity index is 4.45. The highest BCUT2D eigenvalue weighted by atomic mass is 16.6. The van der Waals surface area contributed by atoms with Crippen LogP contribution >= 0.6 is 0 Å².